The van der Waals surface area contributed by atoms with Crippen molar-refractivity contribution in [1.29, 1.82) is 0 Å². The number of guanidine groups is 1. The zero-order valence-corrected chi connectivity index (χ0v) is 18.8. The number of benzene rings is 1. The number of ether oxygens (including phenoxy) is 1. The average Bonchev–Trinajstić information content (AvgIpc) is 2.48. The fraction of sp³-hybridized carbons (Fsp3) is 0.579. The number of nitrogens with zero attached hydrogens (tertiary/aromatic N) is 1. The highest BCUT2D eigenvalue weighted by molar-refractivity contribution is 14.0. The SMILES string of the molecule is CN=C(NCC(=O)NC(C)(C)C)NC1CC(C)(C)Oc2ccccc21.I. The first-order valence-corrected chi connectivity index (χ1v) is 8.66. The summed E-state index contributed by atoms with van der Waals surface area (Å²) in [6.45, 7) is 10.2. The second-order valence-corrected chi connectivity index (χ2v) is 8.02. The number of halogens is 1. The number of hydrogen-bond donors (Lipinski definition) is 3. The van der Waals surface area contributed by atoms with Crippen molar-refractivity contribution in [2.75, 3.05) is 13.6 Å². The molecule has 0 radical (unpaired) electrons. The van der Waals surface area contributed by atoms with Crippen LogP contribution >= 0.6 is 24.0 Å². The standard InChI is InChI=1S/C19H30N4O2.HI/c1-18(2,3)23-16(24)12-21-17(20-6)22-14-11-19(4,5)25-15-10-8-7-9-13(14)15;/h7-10,14H,11-12H2,1-6H3,(H,23,24)(H2,20,21,22);1H. The molecule has 1 atom stereocenters. The number of nitrogens with one attached hydrogen (secondary N) is 3. The minimum absolute atomic E-state index is 0. The molecule has 1 aliphatic heterocycles. The first-order valence-electron chi connectivity index (χ1n) is 8.66. The summed E-state index contributed by atoms with van der Waals surface area (Å²) >= 11 is 0. The average molecular weight is 474 g/mol. The minimum atomic E-state index is -0.269. The van der Waals surface area contributed by atoms with Gasteiger partial charge in [-0.05, 0) is 40.7 Å². The number of para-hydroxylation sites is 1. The van der Waals surface area contributed by atoms with Gasteiger partial charge in [-0.25, -0.2) is 0 Å². The Kier molecular flexibility index (Phi) is 7.73. The molecular weight excluding hydrogens is 443 g/mol. The van der Waals surface area contributed by atoms with E-state index in [-0.39, 0.29) is 53.6 Å². The highest BCUT2D eigenvalue weighted by Crippen LogP contribution is 2.39. The summed E-state index contributed by atoms with van der Waals surface area (Å²) in [4.78, 5) is 16.2. The van der Waals surface area contributed by atoms with Crippen molar-refractivity contribution in [3.63, 3.8) is 0 Å². The van der Waals surface area contributed by atoms with Crippen LogP contribution in [0.25, 0.3) is 0 Å². The third kappa shape index (κ3) is 6.66. The Morgan fingerprint density at radius 1 is 1.31 bits per heavy atom. The van der Waals surface area contributed by atoms with Crippen LogP contribution in [-0.2, 0) is 4.79 Å². The lowest BCUT2D eigenvalue weighted by molar-refractivity contribution is -0.121. The van der Waals surface area contributed by atoms with Gasteiger partial charge in [-0.2, -0.15) is 0 Å². The summed E-state index contributed by atoms with van der Waals surface area (Å²) in [5, 5.41) is 9.42. The topological polar surface area (TPSA) is 74.8 Å². The number of fused-ring (bicyclic) bond motifs is 1. The van der Waals surface area contributed by atoms with Gasteiger partial charge in [0.25, 0.3) is 0 Å². The van der Waals surface area contributed by atoms with Gasteiger partial charge < -0.3 is 20.7 Å². The Hall–Kier alpha value is -1.51. The van der Waals surface area contributed by atoms with Gasteiger partial charge in [-0.15, -0.1) is 24.0 Å². The number of amides is 1. The van der Waals surface area contributed by atoms with E-state index in [1.807, 2.05) is 39.0 Å². The van der Waals surface area contributed by atoms with Crippen molar-refractivity contribution < 1.29 is 9.53 Å². The Balaban J connectivity index is 0.00000338. The van der Waals surface area contributed by atoms with E-state index in [1.165, 1.54) is 0 Å². The molecule has 6 nitrogen and oxygen atoms in total. The van der Waals surface area contributed by atoms with Crippen molar-refractivity contribution in [2.45, 2.75) is 58.2 Å². The van der Waals surface area contributed by atoms with E-state index >= 15 is 0 Å². The third-order valence-corrected chi connectivity index (χ3v) is 3.84. The number of carbonyl (C=O) groups is 1. The van der Waals surface area contributed by atoms with Crippen LogP contribution in [0, 0.1) is 0 Å². The summed E-state index contributed by atoms with van der Waals surface area (Å²) in [5.74, 6) is 1.42. The molecule has 0 aromatic heterocycles. The molecule has 1 aliphatic rings. The van der Waals surface area contributed by atoms with E-state index in [4.69, 9.17) is 4.74 Å². The van der Waals surface area contributed by atoms with Crippen LogP contribution in [0.1, 0.15) is 52.6 Å². The van der Waals surface area contributed by atoms with E-state index in [1.54, 1.807) is 7.05 Å². The number of aliphatic imine (C=N–C) groups is 1. The monoisotopic (exact) mass is 474 g/mol. The quantitative estimate of drug-likeness (QED) is 0.358. The molecule has 0 aliphatic carbocycles. The molecule has 1 aromatic carbocycles. The smallest absolute Gasteiger partial charge is 0.239 e. The lowest BCUT2D eigenvalue weighted by Gasteiger charge is -2.38. The highest BCUT2D eigenvalue weighted by Gasteiger charge is 2.34. The maximum absolute atomic E-state index is 12.0. The first-order chi connectivity index (χ1) is 11.6. The van der Waals surface area contributed by atoms with Crippen LogP contribution in [-0.4, -0.2) is 36.6 Å². The predicted molar refractivity (Wildman–Crippen MR) is 116 cm³/mol. The van der Waals surface area contributed by atoms with Gasteiger partial charge in [-0.3, -0.25) is 9.79 Å². The molecule has 0 saturated carbocycles. The van der Waals surface area contributed by atoms with Gasteiger partial charge in [0.15, 0.2) is 5.96 Å². The molecular formula is C19H31IN4O2. The normalized spacial score (nSPS) is 18.7. The molecule has 26 heavy (non-hydrogen) atoms. The lowest BCUT2D eigenvalue weighted by atomic mass is 9.90. The van der Waals surface area contributed by atoms with E-state index in [2.05, 4.69) is 40.9 Å². The molecule has 1 heterocycles. The van der Waals surface area contributed by atoms with Crippen molar-refractivity contribution in [1.82, 2.24) is 16.0 Å². The van der Waals surface area contributed by atoms with Gasteiger partial charge in [0.2, 0.25) is 5.91 Å². The Morgan fingerprint density at radius 2 is 1.96 bits per heavy atom. The molecule has 1 unspecified atom stereocenters. The zero-order valence-electron chi connectivity index (χ0n) is 16.5. The maximum Gasteiger partial charge on any atom is 0.239 e. The number of carbonyl (C=O) groups excluding carboxylic acids is 1. The van der Waals surface area contributed by atoms with Crippen molar-refractivity contribution in [3.05, 3.63) is 29.8 Å². The zero-order chi connectivity index (χ0) is 18.7. The van der Waals surface area contributed by atoms with Crippen LogP contribution in [0.4, 0.5) is 0 Å². The van der Waals surface area contributed by atoms with Crippen LogP contribution < -0.4 is 20.7 Å². The maximum atomic E-state index is 12.0. The molecule has 3 N–H and O–H groups in total. The molecule has 0 fully saturated rings. The van der Waals surface area contributed by atoms with Gasteiger partial charge in [0.05, 0.1) is 12.6 Å². The Labute approximate surface area is 173 Å². The van der Waals surface area contributed by atoms with Crippen LogP contribution in [0.3, 0.4) is 0 Å². The van der Waals surface area contributed by atoms with E-state index in [0.717, 1.165) is 17.7 Å². The second kappa shape index (κ2) is 8.92. The van der Waals surface area contributed by atoms with Crippen molar-refractivity contribution >= 4 is 35.8 Å². The van der Waals surface area contributed by atoms with Crippen molar-refractivity contribution in [2.24, 2.45) is 4.99 Å². The van der Waals surface area contributed by atoms with Crippen LogP contribution in [0.2, 0.25) is 0 Å². The fourth-order valence-corrected chi connectivity index (χ4v) is 2.92. The molecule has 0 bridgehead atoms. The van der Waals surface area contributed by atoms with E-state index < -0.39 is 0 Å². The molecule has 1 aromatic rings. The van der Waals surface area contributed by atoms with Gasteiger partial charge in [0, 0.05) is 24.6 Å². The second-order valence-electron chi connectivity index (χ2n) is 8.02. The summed E-state index contributed by atoms with van der Waals surface area (Å²) in [5.41, 5.74) is 0.581. The Bertz CT molecular complexity index is 653. The molecule has 2 rings (SSSR count). The van der Waals surface area contributed by atoms with Gasteiger partial charge in [0.1, 0.15) is 11.4 Å². The molecule has 7 heteroatoms. The van der Waals surface area contributed by atoms with Crippen molar-refractivity contribution in [3.8, 4) is 5.75 Å². The number of rotatable bonds is 3. The largest absolute Gasteiger partial charge is 0.487 e. The molecule has 0 spiro atoms. The summed E-state index contributed by atoms with van der Waals surface area (Å²) in [6.07, 6.45) is 0.804. The molecule has 1 amide bonds. The predicted octanol–water partition coefficient (Wildman–Crippen LogP) is 2.99. The lowest BCUT2D eigenvalue weighted by Crippen LogP contribution is -2.50. The Morgan fingerprint density at radius 3 is 2.58 bits per heavy atom. The summed E-state index contributed by atoms with van der Waals surface area (Å²) in [6, 6.07) is 8.08. The van der Waals surface area contributed by atoms with E-state index in [9.17, 15) is 4.79 Å². The summed E-state index contributed by atoms with van der Waals surface area (Å²) in [7, 11) is 1.70. The highest BCUT2D eigenvalue weighted by atomic mass is 127. The third-order valence-electron chi connectivity index (χ3n) is 3.84. The fourth-order valence-electron chi connectivity index (χ4n) is 2.92. The van der Waals surface area contributed by atoms with Gasteiger partial charge in [-0.1, -0.05) is 18.2 Å². The number of hydrogen-bond acceptors (Lipinski definition) is 3. The molecule has 146 valence electrons. The summed E-state index contributed by atoms with van der Waals surface area (Å²) < 4.78 is 6.05. The minimum Gasteiger partial charge on any atom is -0.487 e. The van der Waals surface area contributed by atoms with Gasteiger partial charge >= 0.3 is 0 Å². The van der Waals surface area contributed by atoms with E-state index in [0.29, 0.717) is 5.96 Å². The first kappa shape index (κ1) is 22.5. The van der Waals surface area contributed by atoms with Crippen LogP contribution in [0.15, 0.2) is 29.3 Å². The molecule has 0 saturated heterocycles. The van der Waals surface area contributed by atoms with Crippen LogP contribution in [0.5, 0.6) is 5.75 Å².